The van der Waals surface area contributed by atoms with E-state index in [9.17, 15) is 9.59 Å². The van der Waals surface area contributed by atoms with Gasteiger partial charge in [0.15, 0.2) is 5.78 Å². The number of carbonyl (C=O) groups is 2. The van der Waals surface area contributed by atoms with Gasteiger partial charge in [0, 0.05) is 29.9 Å². The largest absolute Gasteiger partial charge is 0.354 e. The molecule has 1 N–H and O–H groups in total. The number of amides is 1. The molecule has 1 aliphatic rings. The standard InChI is InChI=1S/C21H26N4O2/c1-4-18-7-5-6-12-25(18)20-13-19(22-15(3)23-20)21(27)24-17-10-8-16(9-11-17)14(2)26/h8-11,13,18H,4-7,12H2,1-3H3,(H,24,27). The summed E-state index contributed by atoms with van der Waals surface area (Å²) in [4.78, 5) is 35.2. The maximum atomic E-state index is 12.7. The van der Waals surface area contributed by atoms with Gasteiger partial charge in [-0.2, -0.15) is 0 Å². The fraction of sp³-hybridized carbons (Fsp3) is 0.429. The van der Waals surface area contributed by atoms with Crippen molar-refractivity contribution >= 4 is 23.2 Å². The second-order valence-electron chi connectivity index (χ2n) is 7.00. The molecule has 0 aliphatic carbocycles. The van der Waals surface area contributed by atoms with Gasteiger partial charge in [0.1, 0.15) is 17.3 Å². The van der Waals surface area contributed by atoms with Gasteiger partial charge in [-0.05, 0) is 63.8 Å². The zero-order valence-corrected chi connectivity index (χ0v) is 16.2. The first-order chi connectivity index (χ1) is 13.0. The zero-order chi connectivity index (χ0) is 19.4. The molecule has 1 atom stereocenters. The summed E-state index contributed by atoms with van der Waals surface area (Å²) >= 11 is 0. The lowest BCUT2D eigenvalue weighted by Crippen LogP contribution is -2.40. The molecule has 27 heavy (non-hydrogen) atoms. The highest BCUT2D eigenvalue weighted by atomic mass is 16.2. The predicted molar refractivity (Wildman–Crippen MR) is 106 cm³/mol. The Kier molecular flexibility index (Phi) is 5.84. The number of Topliss-reactive ketones (excluding diaryl/α,β-unsaturated/α-hetero) is 1. The molecule has 2 aromatic rings. The van der Waals surface area contributed by atoms with Crippen molar-refractivity contribution in [3.8, 4) is 0 Å². The van der Waals surface area contributed by atoms with E-state index in [1.165, 1.54) is 13.3 Å². The number of carbonyl (C=O) groups excluding carboxylic acids is 2. The van der Waals surface area contributed by atoms with Gasteiger partial charge >= 0.3 is 0 Å². The molecule has 6 heteroatoms. The number of nitrogens with one attached hydrogen (secondary N) is 1. The number of hydrogen-bond acceptors (Lipinski definition) is 5. The van der Waals surface area contributed by atoms with E-state index in [0.717, 1.165) is 31.6 Å². The summed E-state index contributed by atoms with van der Waals surface area (Å²) in [6.45, 7) is 6.48. The Morgan fingerprint density at radius 1 is 1.19 bits per heavy atom. The lowest BCUT2D eigenvalue weighted by Gasteiger charge is -2.36. The van der Waals surface area contributed by atoms with Crippen molar-refractivity contribution in [1.29, 1.82) is 0 Å². The average Bonchev–Trinajstić information content (AvgIpc) is 2.67. The number of aryl methyl sites for hydroxylation is 1. The van der Waals surface area contributed by atoms with E-state index in [-0.39, 0.29) is 11.7 Å². The van der Waals surface area contributed by atoms with Crippen LogP contribution < -0.4 is 10.2 Å². The van der Waals surface area contributed by atoms with E-state index in [4.69, 9.17) is 0 Å². The van der Waals surface area contributed by atoms with Crippen molar-refractivity contribution in [2.24, 2.45) is 0 Å². The van der Waals surface area contributed by atoms with Crippen molar-refractivity contribution in [3.63, 3.8) is 0 Å². The molecule has 0 radical (unpaired) electrons. The molecule has 6 nitrogen and oxygen atoms in total. The van der Waals surface area contributed by atoms with Crippen LogP contribution in [0, 0.1) is 6.92 Å². The fourth-order valence-electron chi connectivity index (χ4n) is 3.53. The van der Waals surface area contributed by atoms with Crippen LogP contribution in [0.5, 0.6) is 0 Å². The normalized spacial score (nSPS) is 16.9. The summed E-state index contributed by atoms with van der Waals surface area (Å²) in [7, 11) is 0. The summed E-state index contributed by atoms with van der Waals surface area (Å²) in [5, 5.41) is 2.85. The molecule has 3 rings (SSSR count). The molecular formula is C21H26N4O2. The van der Waals surface area contributed by atoms with Crippen LogP contribution >= 0.6 is 0 Å². The monoisotopic (exact) mass is 366 g/mol. The Labute approximate surface area is 160 Å². The minimum absolute atomic E-state index is 0.00375. The Morgan fingerprint density at radius 2 is 1.93 bits per heavy atom. The topological polar surface area (TPSA) is 75.2 Å². The zero-order valence-electron chi connectivity index (χ0n) is 16.2. The van der Waals surface area contributed by atoms with Crippen LogP contribution in [-0.2, 0) is 0 Å². The van der Waals surface area contributed by atoms with Crippen LogP contribution in [0.2, 0.25) is 0 Å². The first-order valence-electron chi connectivity index (χ1n) is 9.52. The first-order valence-corrected chi connectivity index (χ1v) is 9.52. The SMILES string of the molecule is CCC1CCCCN1c1cc(C(=O)Nc2ccc(C(C)=O)cc2)nc(C)n1. The fourth-order valence-corrected chi connectivity index (χ4v) is 3.53. The molecule has 0 spiro atoms. The Bertz CT molecular complexity index is 833. The summed E-state index contributed by atoms with van der Waals surface area (Å²) in [6, 6.07) is 9.09. The van der Waals surface area contributed by atoms with E-state index in [1.807, 2.05) is 6.92 Å². The van der Waals surface area contributed by atoms with Gasteiger partial charge in [0.25, 0.3) is 5.91 Å². The smallest absolute Gasteiger partial charge is 0.274 e. The molecule has 1 saturated heterocycles. The number of anilines is 2. The van der Waals surface area contributed by atoms with Crippen LogP contribution in [0.3, 0.4) is 0 Å². The molecule has 0 saturated carbocycles. The van der Waals surface area contributed by atoms with E-state index >= 15 is 0 Å². The third-order valence-corrected chi connectivity index (χ3v) is 5.00. The maximum absolute atomic E-state index is 12.7. The van der Waals surface area contributed by atoms with Gasteiger partial charge in [-0.3, -0.25) is 9.59 Å². The van der Waals surface area contributed by atoms with Crippen LogP contribution in [-0.4, -0.2) is 34.2 Å². The lowest BCUT2D eigenvalue weighted by molar-refractivity contribution is 0.101. The number of aromatic nitrogens is 2. The highest BCUT2D eigenvalue weighted by molar-refractivity contribution is 6.03. The van der Waals surface area contributed by atoms with E-state index in [1.54, 1.807) is 30.3 Å². The van der Waals surface area contributed by atoms with Crippen molar-refractivity contribution < 1.29 is 9.59 Å². The second-order valence-corrected chi connectivity index (χ2v) is 7.00. The minimum atomic E-state index is -0.276. The van der Waals surface area contributed by atoms with Crippen molar-refractivity contribution in [2.75, 3.05) is 16.8 Å². The molecule has 1 unspecified atom stereocenters. The summed E-state index contributed by atoms with van der Waals surface area (Å²) < 4.78 is 0. The van der Waals surface area contributed by atoms with Gasteiger partial charge in [-0.25, -0.2) is 9.97 Å². The van der Waals surface area contributed by atoms with Gasteiger partial charge < -0.3 is 10.2 Å². The Balaban J connectivity index is 1.80. The van der Waals surface area contributed by atoms with Crippen LogP contribution in [0.25, 0.3) is 0 Å². The molecule has 142 valence electrons. The molecule has 2 heterocycles. The number of piperidine rings is 1. The lowest BCUT2D eigenvalue weighted by atomic mass is 10.00. The van der Waals surface area contributed by atoms with E-state index in [0.29, 0.717) is 28.8 Å². The van der Waals surface area contributed by atoms with E-state index in [2.05, 4.69) is 27.1 Å². The number of benzene rings is 1. The molecule has 1 aliphatic heterocycles. The quantitative estimate of drug-likeness (QED) is 0.809. The third kappa shape index (κ3) is 4.51. The number of ketones is 1. The molecule has 1 amide bonds. The van der Waals surface area contributed by atoms with Crippen LogP contribution in [0.4, 0.5) is 11.5 Å². The average molecular weight is 366 g/mol. The number of rotatable bonds is 5. The highest BCUT2D eigenvalue weighted by Gasteiger charge is 2.23. The maximum Gasteiger partial charge on any atom is 0.274 e. The van der Waals surface area contributed by atoms with Crippen molar-refractivity contribution in [1.82, 2.24) is 9.97 Å². The predicted octanol–water partition coefficient (Wildman–Crippen LogP) is 4.01. The number of hydrogen-bond donors (Lipinski definition) is 1. The first kappa shape index (κ1) is 19.0. The summed E-state index contributed by atoms with van der Waals surface area (Å²) in [6.07, 6.45) is 4.60. The molecule has 1 aromatic carbocycles. The van der Waals surface area contributed by atoms with Gasteiger partial charge in [0.2, 0.25) is 0 Å². The van der Waals surface area contributed by atoms with E-state index < -0.39 is 0 Å². The van der Waals surface area contributed by atoms with Crippen molar-refractivity contribution in [3.05, 3.63) is 47.4 Å². The molecule has 1 fully saturated rings. The van der Waals surface area contributed by atoms with Crippen LogP contribution in [0.15, 0.2) is 30.3 Å². The Hall–Kier alpha value is -2.76. The minimum Gasteiger partial charge on any atom is -0.354 e. The summed E-state index contributed by atoms with van der Waals surface area (Å²) in [5.74, 6) is 1.13. The Morgan fingerprint density at radius 3 is 2.59 bits per heavy atom. The van der Waals surface area contributed by atoms with Crippen LogP contribution in [0.1, 0.15) is 66.2 Å². The second kappa shape index (κ2) is 8.29. The molecule has 1 aromatic heterocycles. The molecular weight excluding hydrogens is 340 g/mol. The van der Waals surface area contributed by atoms with Gasteiger partial charge in [-0.1, -0.05) is 6.92 Å². The number of nitrogens with zero attached hydrogens (tertiary/aromatic N) is 3. The van der Waals surface area contributed by atoms with Gasteiger partial charge in [-0.15, -0.1) is 0 Å². The van der Waals surface area contributed by atoms with Gasteiger partial charge in [0.05, 0.1) is 0 Å². The third-order valence-electron chi connectivity index (χ3n) is 5.00. The molecule has 0 bridgehead atoms. The van der Waals surface area contributed by atoms with Crippen molar-refractivity contribution in [2.45, 2.75) is 52.5 Å². The highest BCUT2D eigenvalue weighted by Crippen LogP contribution is 2.25. The summed E-state index contributed by atoms with van der Waals surface area (Å²) in [5.41, 5.74) is 1.60.